The molecule has 0 saturated heterocycles. The lowest BCUT2D eigenvalue weighted by Crippen LogP contribution is -2.30. The highest BCUT2D eigenvalue weighted by molar-refractivity contribution is 6.35. The summed E-state index contributed by atoms with van der Waals surface area (Å²) in [6.07, 6.45) is -1.04. The van der Waals surface area contributed by atoms with Gasteiger partial charge in [0.25, 0.3) is 5.91 Å². The number of hydrogen-bond donors (Lipinski definition) is 3. The van der Waals surface area contributed by atoms with E-state index in [1.54, 1.807) is 30.3 Å². The van der Waals surface area contributed by atoms with Gasteiger partial charge in [-0.15, -0.1) is 0 Å². The predicted octanol–water partition coefficient (Wildman–Crippen LogP) is 3.58. The van der Waals surface area contributed by atoms with Crippen LogP contribution in [-0.2, 0) is 9.53 Å². The maximum atomic E-state index is 12.4. The number of carbonyl (C=O) groups excluding carboxylic acids is 2. The zero-order valence-electron chi connectivity index (χ0n) is 14.0. The first-order chi connectivity index (χ1) is 12.4. The number of halogens is 2. The Hall–Kier alpha value is -2.28. The van der Waals surface area contributed by atoms with Gasteiger partial charge in [-0.1, -0.05) is 35.3 Å². The Morgan fingerprint density at radius 3 is 2.46 bits per heavy atom. The van der Waals surface area contributed by atoms with E-state index in [0.717, 1.165) is 0 Å². The van der Waals surface area contributed by atoms with E-state index in [9.17, 15) is 9.59 Å². The number of ether oxygens (including phenoxy) is 1. The van der Waals surface area contributed by atoms with Gasteiger partial charge in [-0.25, -0.2) is 4.79 Å². The van der Waals surface area contributed by atoms with E-state index in [1.165, 1.54) is 19.1 Å². The van der Waals surface area contributed by atoms with Crippen LogP contribution >= 0.6 is 23.2 Å². The van der Waals surface area contributed by atoms with Crippen molar-refractivity contribution in [3.05, 3.63) is 58.1 Å². The molecule has 0 radical (unpaired) electrons. The Morgan fingerprint density at radius 2 is 1.81 bits per heavy atom. The summed E-state index contributed by atoms with van der Waals surface area (Å²) in [6, 6.07) is 11.3. The number of para-hydroxylation sites is 1. The van der Waals surface area contributed by atoms with E-state index in [-0.39, 0.29) is 18.7 Å². The first-order valence-corrected chi connectivity index (χ1v) is 8.58. The molecule has 0 fully saturated rings. The first-order valence-electron chi connectivity index (χ1n) is 7.82. The summed E-state index contributed by atoms with van der Waals surface area (Å²) in [6.45, 7) is 1.67. The van der Waals surface area contributed by atoms with Gasteiger partial charge in [0.05, 0.1) is 12.2 Å². The number of nitrogens with one attached hydrogen (secondary N) is 2. The molecule has 0 spiro atoms. The summed E-state index contributed by atoms with van der Waals surface area (Å²) >= 11 is 11.8. The molecule has 8 heteroatoms. The molecule has 0 unspecified atom stereocenters. The molecular formula is C18H18Cl2N2O4. The van der Waals surface area contributed by atoms with Gasteiger partial charge in [-0.3, -0.25) is 4.79 Å². The Balaban J connectivity index is 2.03. The normalized spacial score (nSPS) is 11.5. The van der Waals surface area contributed by atoms with Crippen molar-refractivity contribution in [2.75, 3.05) is 23.8 Å². The van der Waals surface area contributed by atoms with Gasteiger partial charge in [0.15, 0.2) is 6.10 Å². The first kappa shape index (κ1) is 20.0. The van der Waals surface area contributed by atoms with Gasteiger partial charge in [-0.2, -0.15) is 0 Å². The molecule has 2 rings (SSSR count). The van der Waals surface area contributed by atoms with Crippen LogP contribution in [0, 0.1) is 0 Å². The van der Waals surface area contributed by atoms with Gasteiger partial charge in [0, 0.05) is 28.0 Å². The number of anilines is 2. The number of aliphatic hydroxyl groups excluding tert-OH is 1. The van der Waals surface area contributed by atoms with Gasteiger partial charge in [0.1, 0.15) is 0 Å². The van der Waals surface area contributed by atoms with Crippen molar-refractivity contribution in [2.45, 2.75) is 13.0 Å². The molecule has 0 saturated carbocycles. The molecule has 2 aromatic rings. The maximum absolute atomic E-state index is 12.4. The minimum Gasteiger partial charge on any atom is -0.449 e. The van der Waals surface area contributed by atoms with E-state index in [2.05, 4.69) is 10.6 Å². The average Bonchev–Trinajstić information content (AvgIpc) is 2.59. The molecule has 0 aliphatic carbocycles. The summed E-state index contributed by atoms with van der Waals surface area (Å²) in [5.41, 5.74) is 1.19. The minimum absolute atomic E-state index is 0.0790. The molecule has 0 heterocycles. The molecule has 3 N–H and O–H groups in total. The van der Waals surface area contributed by atoms with Crippen LogP contribution in [0.15, 0.2) is 42.5 Å². The Bertz CT molecular complexity index is 778. The lowest BCUT2D eigenvalue weighted by atomic mass is 10.1. The SMILES string of the molecule is C[C@@H](OC(=O)c1ccccc1NCCO)C(=O)Nc1cc(Cl)cc(Cl)c1. The number of aliphatic hydroxyl groups is 1. The van der Waals surface area contributed by atoms with E-state index in [4.69, 9.17) is 33.0 Å². The van der Waals surface area contributed by atoms with E-state index in [1.807, 2.05) is 0 Å². The smallest absolute Gasteiger partial charge is 0.341 e. The molecule has 0 aromatic heterocycles. The van der Waals surface area contributed by atoms with Crippen LogP contribution in [0.5, 0.6) is 0 Å². The van der Waals surface area contributed by atoms with Crippen molar-refractivity contribution in [3.8, 4) is 0 Å². The number of hydrogen-bond acceptors (Lipinski definition) is 5. The van der Waals surface area contributed by atoms with E-state index < -0.39 is 18.0 Å². The minimum atomic E-state index is -1.04. The molecule has 26 heavy (non-hydrogen) atoms. The number of esters is 1. The van der Waals surface area contributed by atoms with Crippen LogP contribution in [-0.4, -0.2) is 36.2 Å². The largest absolute Gasteiger partial charge is 0.449 e. The second kappa shape index (κ2) is 9.43. The van der Waals surface area contributed by atoms with Crippen LogP contribution in [0.4, 0.5) is 11.4 Å². The van der Waals surface area contributed by atoms with Crippen molar-refractivity contribution >= 4 is 46.5 Å². The van der Waals surface area contributed by atoms with Crippen LogP contribution in [0.1, 0.15) is 17.3 Å². The Kier molecular flexibility index (Phi) is 7.26. The number of benzene rings is 2. The fourth-order valence-electron chi connectivity index (χ4n) is 2.15. The topological polar surface area (TPSA) is 87.7 Å². The van der Waals surface area contributed by atoms with Crippen molar-refractivity contribution < 1.29 is 19.4 Å². The lowest BCUT2D eigenvalue weighted by molar-refractivity contribution is -0.123. The molecule has 6 nitrogen and oxygen atoms in total. The lowest BCUT2D eigenvalue weighted by Gasteiger charge is -2.16. The summed E-state index contributed by atoms with van der Waals surface area (Å²) in [7, 11) is 0. The van der Waals surface area contributed by atoms with Gasteiger partial charge in [0.2, 0.25) is 0 Å². The molecule has 1 atom stereocenters. The number of rotatable bonds is 7. The van der Waals surface area contributed by atoms with Crippen molar-refractivity contribution in [3.63, 3.8) is 0 Å². The second-order valence-corrected chi connectivity index (χ2v) is 6.26. The zero-order chi connectivity index (χ0) is 19.1. The summed E-state index contributed by atoms with van der Waals surface area (Å²) in [5.74, 6) is -1.17. The number of amides is 1. The van der Waals surface area contributed by atoms with Crippen molar-refractivity contribution in [1.82, 2.24) is 0 Å². The molecule has 2 aromatic carbocycles. The third-order valence-electron chi connectivity index (χ3n) is 3.36. The number of carbonyl (C=O) groups is 2. The highest BCUT2D eigenvalue weighted by Gasteiger charge is 2.21. The predicted molar refractivity (Wildman–Crippen MR) is 102 cm³/mol. The molecule has 0 aliphatic rings. The molecule has 1 amide bonds. The van der Waals surface area contributed by atoms with Crippen LogP contribution < -0.4 is 10.6 Å². The van der Waals surface area contributed by atoms with Crippen molar-refractivity contribution in [1.29, 1.82) is 0 Å². The molecular weight excluding hydrogens is 379 g/mol. The highest BCUT2D eigenvalue weighted by Crippen LogP contribution is 2.23. The third kappa shape index (κ3) is 5.62. The monoisotopic (exact) mass is 396 g/mol. The average molecular weight is 397 g/mol. The fourth-order valence-corrected chi connectivity index (χ4v) is 2.68. The van der Waals surface area contributed by atoms with Crippen LogP contribution in [0.25, 0.3) is 0 Å². The summed E-state index contributed by atoms with van der Waals surface area (Å²) in [4.78, 5) is 24.6. The maximum Gasteiger partial charge on any atom is 0.341 e. The van der Waals surface area contributed by atoms with Gasteiger partial charge in [-0.05, 0) is 37.3 Å². The van der Waals surface area contributed by atoms with Gasteiger partial charge >= 0.3 is 5.97 Å². The quantitative estimate of drug-likeness (QED) is 0.622. The third-order valence-corrected chi connectivity index (χ3v) is 3.79. The Labute approximate surface area is 161 Å². The molecule has 138 valence electrons. The van der Waals surface area contributed by atoms with Crippen LogP contribution in [0.3, 0.4) is 0 Å². The molecule has 0 aliphatic heterocycles. The van der Waals surface area contributed by atoms with E-state index >= 15 is 0 Å². The zero-order valence-corrected chi connectivity index (χ0v) is 15.5. The second-order valence-electron chi connectivity index (χ2n) is 5.39. The van der Waals surface area contributed by atoms with Gasteiger partial charge < -0.3 is 20.5 Å². The fraction of sp³-hybridized carbons (Fsp3) is 0.222. The van der Waals surface area contributed by atoms with Crippen LogP contribution in [0.2, 0.25) is 10.0 Å². The van der Waals surface area contributed by atoms with Crippen molar-refractivity contribution in [2.24, 2.45) is 0 Å². The standard InChI is InChI=1S/C18H18Cl2N2O4/c1-11(17(24)22-14-9-12(19)8-13(20)10-14)26-18(25)15-4-2-3-5-16(15)21-6-7-23/h2-5,8-11,21,23H,6-7H2,1H3,(H,22,24)/t11-/m1/s1. The molecule has 0 bridgehead atoms. The van der Waals surface area contributed by atoms with E-state index in [0.29, 0.717) is 21.4 Å². The Morgan fingerprint density at radius 1 is 1.15 bits per heavy atom. The highest BCUT2D eigenvalue weighted by atomic mass is 35.5. The summed E-state index contributed by atoms with van der Waals surface area (Å²) in [5, 5.41) is 15.2. The summed E-state index contributed by atoms with van der Waals surface area (Å²) < 4.78 is 5.23.